The second kappa shape index (κ2) is 14.2. The zero-order valence-electron chi connectivity index (χ0n) is 32.4. The Morgan fingerprint density at radius 2 is 1.44 bits per heavy atom. The predicted octanol–water partition coefficient (Wildman–Crippen LogP) is 12.8. The number of fused-ring (bicyclic) bond motifs is 4. The number of allylic oxidation sites excluding steroid dienone is 11. The Hall–Kier alpha value is -6.58. The number of nitrogens with zero attached hydrogens (tertiary/aromatic N) is 2. The van der Waals surface area contributed by atoms with Crippen LogP contribution in [0.5, 0.6) is 0 Å². The van der Waals surface area contributed by atoms with Crippen molar-refractivity contribution >= 4 is 38.8 Å². The van der Waals surface area contributed by atoms with Crippen LogP contribution in [0.2, 0.25) is 0 Å². The van der Waals surface area contributed by atoms with Crippen LogP contribution in [0.15, 0.2) is 210 Å². The molecule has 1 saturated heterocycles. The highest BCUT2D eigenvalue weighted by Crippen LogP contribution is 2.51. The topological polar surface area (TPSA) is 39.2 Å². The first-order valence-electron chi connectivity index (χ1n) is 20.2. The van der Waals surface area contributed by atoms with Crippen molar-refractivity contribution in [3.05, 3.63) is 222 Å². The highest BCUT2D eigenvalue weighted by molar-refractivity contribution is 6.14. The SMILES string of the molecule is CC1C=C(C2=C(c3cc4ccccc4c4ccccc34)C=C[C@@]3(C)CC=CC=C23)C=CC1C1CN1C(=NC(=N)c1cccc(-c2ccccc2)c1)c1ccccc1. The number of hydrogen-bond donors (Lipinski definition) is 1. The Labute approximate surface area is 335 Å². The van der Waals surface area contributed by atoms with Crippen molar-refractivity contribution in [2.75, 3.05) is 6.54 Å². The van der Waals surface area contributed by atoms with Crippen molar-refractivity contribution in [1.29, 1.82) is 5.41 Å². The van der Waals surface area contributed by atoms with E-state index in [4.69, 9.17) is 4.99 Å². The third-order valence-corrected chi connectivity index (χ3v) is 12.5. The van der Waals surface area contributed by atoms with Crippen LogP contribution in [0.1, 0.15) is 37.0 Å². The molecule has 0 spiro atoms. The van der Waals surface area contributed by atoms with Gasteiger partial charge in [-0.25, -0.2) is 4.99 Å². The third-order valence-electron chi connectivity index (χ3n) is 12.5. The van der Waals surface area contributed by atoms with Crippen LogP contribution in [0.3, 0.4) is 0 Å². The minimum Gasteiger partial charge on any atom is -0.349 e. The molecule has 0 aromatic heterocycles. The van der Waals surface area contributed by atoms with E-state index in [0.29, 0.717) is 17.9 Å². The molecule has 0 bridgehead atoms. The number of nitrogens with one attached hydrogen (secondary N) is 1. The van der Waals surface area contributed by atoms with E-state index in [9.17, 15) is 5.41 Å². The summed E-state index contributed by atoms with van der Waals surface area (Å²) in [7, 11) is 0. The van der Waals surface area contributed by atoms with Gasteiger partial charge in [-0.05, 0) is 85.0 Å². The quantitative estimate of drug-likeness (QED) is 0.0787. The monoisotopic (exact) mass is 735 g/mol. The zero-order chi connectivity index (χ0) is 38.5. The summed E-state index contributed by atoms with van der Waals surface area (Å²) in [4.78, 5) is 7.47. The van der Waals surface area contributed by atoms with E-state index in [1.807, 2.05) is 24.3 Å². The lowest BCUT2D eigenvalue weighted by molar-refractivity contribution is 0.458. The molecule has 3 nitrogen and oxygen atoms in total. The Bertz CT molecular complexity index is 2790. The lowest BCUT2D eigenvalue weighted by Gasteiger charge is -2.38. The summed E-state index contributed by atoms with van der Waals surface area (Å²) in [6.07, 6.45) is 20.1. The molecular weight excluding hydrogens is 691 g/mol. The predicted molar refractivity (Wildman–Crippen MR) is 240 cm³/mol. The van der Waals surface area contributed by atoms with Gasteiger partial charge in [0.05, 0.1) is 6.04 Å². The van der Waals surface area contributed by atoms with Crippen molar-refractivity contribution in [3.63, 3.8) is 0 Å². The second-order valence-corrected chi connectivity index (χ2v) is 16.2. The summed E-state index contributed by atoms with van der Waals surface area (Å²) in [6, 6.07) is 49.3. The third kappa shape index (κ3) is 6.34. The molecule has 0 radical (unpaired) electrons. The van der Waals surface area contributed by atoms with Crippen LogP contribution in [-0.2, 0) is 0 Å². The van der Waals surface area contributed by atoms with Gasteiger partial charge in [-0.2, -0.15) is 0 Å². The minimum atomic E-state index is -0.0611. The molecule has 6 aromatic carbocycles. The van der Waals surface area contributed by atoms with Gasteiger partial charge < -0.3 is 4.90 Å². The van der Waals surface area contributed by atoms with Crippen LogP contribution in [-0.4, -0.2) is 29.2 Å². The molecule has 10 rings (SSSR count). The normalized spacial score (nSPS) is 22.7. The van der Waals surface area contributed by atoms with Crippen LogP contribution in [0.4, 0.5) is 0 Å². The number of aliphatic imine (C=N–C) groups is 1. The molecule has 1 aliphatic heterocycles. The average Bonchev–Trinajstić information content (AvgIpc) is 4.05. The molecule has 276 valence electrons. The smallest absolute Gasteiger partial charge is 0.154 e. The van der Waals surface area contributed by atoms with Gasteiger partial charge in [0, 0.05) is 29.0 Å². The van der Waals surface area contributed by atoms with Crippen LogP contribution >= 0.6 is 0 Å². The van der Waals surface area contributed by atoms with Crippen molar-refractivity contribution in [1.82, 2.24) is 4.90 Å². The molecule has 1 fully saturated rings. The fourth-order valence-corrected chi connectivity index (χ4v) is 9.35. The van der Waals surface area contributed by atoms with Gasteiger partial charge >= 0.3 is 0 Å². The van der Waals surface area contributed by atoms with E-state index in [1.54, 1.807) is 0 Å². The van der Waals surface area contributed by atoms with E-state index < -0.39 is 0 Å². The first-order valence-corrected chi connectivity index (χ1v) is 20.2. The molecule has 0 saturated carbocycles. The fourth-order valence-electron chi connectivity index (χ4n) is 9.35. The van der Waals surface area contributed by atoms with Gasteiger partial charge in [-0.15, -0.1) is 0 Å². The van der Waals surface area contributed by atoms with Gasteiger partial charge in [0.2, 0.25) is 0 Å². The maximum Gasteiger partial charge on any atom is 0.154 e. The van der Waals surface area contributed by atoms with Gasteiger partial charge in [-0.3, -0.25) is 5.41 Å². The molecule has 4 aliphatic rings. The molecule has 1 N–H and O–H groups in total. The Morgan fingerprint density at radius 3 is 2.25 bits per heavy atom. The lowest BCUT2D eigenvalue weighted by Crippen LogP contribution is -2.26. The molecule has 57 heavy (non-hydrogen) atoms. The molecule has 6 aromatic rings. The van der Waals surface area contributed by atoms with Crippen molar-refractivity contribution in [2.45, 2.75) is 26.3 Å². The number of benzene rings is 6. The molecule has 0 amide bonds. The molecule has 1 heterocycles. The molecule has 3 heteroatoms. The largest absolute Gasteiger partial charge is 0.349 e. The van der Waals surface area contributed by atoms with Gasteiger partial charge in [0.15, 0.2) is 5.84 Å². The number of rotatable bonds is 6. The zero-order valence-corrected chi connectivity index (χ0v) is 32.4. The van der Waals surface area contributed by atoms with E-state index in [0.717, 1.165) is 41.1 Å². The van der Waals surface area contributed by atoms with Gasteiger partial charge in [0.1, 0.15) is 5.84 Å². The maximum absolute atomic E-state index is 9.20. The van der Waals surface area contributed by atoms with Crippen molar-refractivity contribution < 1.29 is 0 Å². The summed E-state index contributed by atoms with van der Waals surface area (Å²) in [6.45, 7) is 5.66. The van der Waals surface area contributed by atoms with Crippen LogP contribution in [0.25, 0.3) is 38.2 Å². The van der Waals surface area contributed by atoms with Crippen LogP contribution in [0, 0.1) is 22.7 Å². The molecule has 3 unspecified atom stereocenters. The second-order valence-electron chi connectivity index (χ2n) is 16.2. The minimum absolute atomic E-state index is 0.0611. The number of hydrogen-bond acceptors (Lipinski definition) is 1. The van der Waals surface area contributed by atoms with Gasteiger partial charge in [-0.1, -0.05) is 190 Å². The Kier molecular flexibility index (Phi) is 8.67. The molecule has 4 atom stereocenters. The van der Waals surface area contributed by atoms with E-state index in [1.165, 1.54) is 49.4 Å². The van der Waals surface area contributed by atoms with Crippen molar-refractivity contribution in [2.24, 2.45) is 22.2 Å². The lowest BCUT2D eigenvalue weighted by atomic mass is 9.66. The highest BCUT2D eigenvalue weighted by Gasteiger charge is 2.45. The molecular formula is C54H45N3. The Morgan fingerprint density at radius 1 is 0.737 bits per heavy atom. The Balaban J connectivity index is 1.00. The summed E-state index contributed by atoms with van der Waals surface area (Å²) in [5.41, 5.74) is 10.6. The highest BCUT2D eigenvalue weighted by atomic mass is 15.4. The summed E-state index contributed by atoms with van der Waals surface area (Å²) < 4.78 is 0. The van der Waals surface area contributed by atoms with Crippen LogP contribution < -0.4 is 0 Å². The number of amidine groups is 2. The fraction of sp³-hybridized carbons (Fsp3) is 0.148. The first kappa shape index (κ1) is 34.9. The van der Waals surface area contributed by atoms with E-state index in [2.05, 4.69) is 183 Å². The van der Waals surface area contributed by atoms with E-state index in [-0.39, 0.29) is 11.3 Å². The van der Waals surface area contributed by atoms with E-state index >= 15 is 0 Å². The average molecular weight is 736 g/mol. The first-order chi connectivity index (χ1) is 27.9. The maximum atomic E-state index is 9.20. The molecule has 3 aliphatic carbocycles. The van der Waals surface area contributed by atoms with Crippen molar-refractivity contribution in [3.8, 4) is 11.1 Å². The standard InChI is InChI=1S/C54H45N3/c1-36-32-41(51-47(29-31-54(2)30-14-13-26-49(51)54)48-34-40-20-9-10-23-44(40)45-24-11-12-25-46(45)48)27-28-43(36)50-35-57(50)53(38-18-7-4-8-19-38)56-52(55)42-22-15-21-39(33-42)37-16-5-3-6-17-37/h3-29,31-34,36,43,50,55H,30,35H2,1-2H3/t36?,43?,50?,54-,57?/m1/s1. The summed E-state index contributed by atoms with van der Waals surface area (Å²) >= 11 is 0. The summed E-state index contributed by atoms with van der Waals surface area (Å²) in [5, 5.41) is 14.3. The summed E-state index contributed by atoms with van der Waals surface area (Å²) in [5.74, 6) is 1.76. The van der Waals surface area contributed by atoms with Gasteiger partial charge in [0.25, 0.3) is 0 Å².